The molecule has 5 nitrogen and oxygen atoms in total. The van der Waals surface area contributed by atoms with Crippen molar-refractivity contribution in [3.8, 4) is 5.75 Å². The number of rotatable bonds is 4. The molecule has 1 atom stereocenters. The second-order valence-corrected chi connectivity index (χ2v) is 3.91. The van der Waals surface area contributed by atoms with Crippen LogP contribution in [0.3, 0.4) is 0 Å². The van der Waals surface area contributed by atoms with E-state index in [0.29, 0.717) is 24.9 Å². The Morgan fingerprint density at radius 1 is 1.59 bits per heavy atom. The Morgan fingerprint density at radius 2 is 2.41 bits per heavy atom. The van der Waals surface area contributed by atoms with Crippen LogP contribution in [0.15, 0.2) is 18.2 Å². The topological polar surface area (TPSA) is 61.6 Å². The van der Waals surface area contributed by atoms with Gasteiger partial charge in [0.05, 0.1) is 18.1 Å². The van der Waals surface area contributed by atoms with Crippen molar-refractivity contribution >= 4 is 5.69 Å². The van der Waals surface area contributed by atoms with Crippen LogP contribution in [0.2, 0.25) is 0 Å². The van der Waals surface area contributed by atoms with Gasteiger partial charge in [-0.05, 0) is 12.5 Å². The molecule has 1 aliphatic rings. The van der Waals surface area contributed by atoms with Crippen LogP contribution in [-0.4, -0.2) is 24.7 Å². The summed E-state index contributed by atoms with van der Waals surface area (Å²) in [5.74, 6) is -0.261. The van der Waals surface area contributed by atoms with Crippen LogP contribution in [0.25, 0.3) is 0 Å². The molecule has 17 heavy (non-hydrogen) atoms. The van der Waals surface area contributed by atoms with Gasteiger partial charge in [-0.2, -0.15) is 4.39 Å². The van der Waals surface area contributed by atoms with E-state index in [9.17, 15) is 14.5 Å². The molecule has 1 fully saturated rings. The summed E-state index contributed by atoms with van der Waals surface area (Å²) < 4.78 is 23.8. The van der Waals surface area contributed by atoms with Gasteiger partial charge in [0, 0.05) is 24.7 Å². The van der Waals surface area contributed by atoms with Crippen LogP contribution < -0.4 is 4.74 Å². The summed E-state index contributed by atoms with van der Waals surface area (Å²) in [7, 11) is 0. The molecule has 1 heterocycles. The maximum Gasteiger partial charge on any atom is 0.305 e. The second-order valence-electron chi connectivity index (χ2n) is 3.91. The molecule has 0 spiro atoms. The second kappa shape index (κ2) is 5.09. The van der Waals surface area contributed by atoms with Crippen molar-refractivity contribution in [3.05, 3.63) is 34.1 Å². The van der Waals surface area contributed by atoms with Gasteiger partial charge in [-0.1, -0.05) is 0 Å². The molecule has 1 aromatic rings. The summed E-state index contributed by atoms with van der Waals surface area (Å²) in [6, 6.07) is 3.54. The molecule has 1 aliphatic heterocycles. The minimum absolute atomic E-state index is 0.306. The predicted octanol–water partition coefficient (Wildman–Crippen LogP) is 2.15. The Labute approximate surface area is 97.3 Å². The summed E-state index contributed by atoms with van der Waals surface area (Å²) >= 11 is 0. The van der Waals surface area contributed by atoms with Crippen molar-refractivity contribution in [1.29, 1.82) is 0 Å². The van der Waals surface area contributed by atoms with Crippen molar-refractivity contribution in [2.45, 2.75) is 6.42 Å². The molecule has 1 aromatic carbocycles. The first kappa shape index (κ1) is 11.8. The minimum Gasteiger partial charge on any atom is -0.493 e. The van der Waals surface area contributed by atoms with E-state index in [1.54, 1.807) is 0 Å². The monoisotopic (exact) mass is 241 g/mol. The molecule has 0 aliphatic carbocycles. The fraction of sp³-hybridized carbons (Fsp3) is 0.455. The van der Waals surface area contributed by atoms with Crippen LogP contribution in [0.1, 0.15) is 6.42 Å². The Hall–Kier alpha value is -1.69. The normalized spacial score (nSPS) is 19.2. The standard InChI is InChI=1S/C11H12FNO4/c12-10-5-9(1-2-11(10)13(14)15)17-7-8-3-4-16-6-8/h1-2,5,8H,3-4,6-7H2. The highest BCUT2D eigenvalue weighted by Crippen LogP contribution is 2.23. The van der Waals surface area contributed by atoms with Crippen LogP contribution in [0.4, 0.5) is 10.1 Å². The summed E-state index contributed by atoms with van der Waals surface area (Å²) in [6.45, 7) is 1.81. The van der Waals surface area contributed by atoms with E-state index in [1.165, 1.54) is 6.07 Å². The molecule has 0 aromatic heterocycles. The maximum absolute atomic E-state index is 13.3. The van der Waals surface area contributed by atoms with E-state index in [0.717, 1.165) is 25.2 Å². The predicted molar refractivity (Wildman–Crippen MR) is 57.5 cm³/mol. The molecule has 6 heteroatoms. The highest BCUT2D eigenvalue weighted by atomic mass is 19.1. The number of nitro benzene ring substituents is 1. The smallest absolute Gasteiger partial charge is 0.305 e. The zero-order chi connectivity index (χ0) is 12.3. The first-order valence-corrected chi connectivity index (χ1v) is 5.31. The molecule has 0 amide bonds. The van der Waals surface area contributed by atoms with Crippen LogP contribution in [0.5, 0.6) is 5.75 Å². The van der Waals surface area contributed by atoms with Crippen molar-refractivity contribution in [3.63, 3.8) is 0 Å². The highest BCUT2D eigenvalue weighted by Gasteiger charge is 2.18. The summed E-state index contributed by atoms with van der Waals surface area (Å²) in [5, 5.41) is 10.4. The number of ether oxygens (including phenoxy) is 2. The summed E-state index contributed by atoms with van der Waals surface area (Å²) in [5.41, 5.74) is -0.540. The lowest BCUT2D eigenvalue weighted by Gasteiger charge is -2.10. The molecule has 2 rings (SSSR count). The Bertz CT molecular complexity index is 418. The van der Waals surface area contributed by atoms with Gasteiger partial charge in [0.1, 0.15) is 5.75 Å². The number of hydrogen-bond acceptors (Lipinski definition) is 4. The van der Waals surface area contributed by atoms with E-state index in [2.05, 4.69) is 0 Å². The third-order valence-electron chi connectivity index (χ3n) is 2.63. The summed E-state index contributed by atoms with van der Waals surface area (Å²) in [6.07, 6.45) is 0.926. The Balaban J connectivity index is 1.97. The number of benzene rings is 1. The van der Waals surface area contributed by atoms with Gasteiger partial charge in [0.15, 0.2) is 0 Å². The molecule has 1 unspecified atom stereocenters. The van der Waals surface area contributed by atoms with Gasteiger partial charge in [-0.3, -0.25) is 10.1 Å². The zero-order valence-corrected chi connectivity index (χ0v) is 9.10. The minimum atomic E-state index is -0.879. The SMILES string of the molecule is O=[N+]([O-])c1ccc(OCC2CCOC2)cc1F. The van der Waals surface area contributed by atoms with E-state index in [1.807, 2.05) is 0 Å². The van der Waals surface area contributed by atoms with Crippen LogP contribution in [0, 0.1) is 21.8 Å². The van der Waals surface area contributed by atoms with E-state index in [-0.39, 0.29) is 0 Å². The van der Waals surface area contributed by atoms with E-state index in [4.69, 9.17) is 9.47 Å². The number of nitrogens with zero attached hydrogens (tertiary/aromatic N) is 1. The van der Waals surface area contributed by atoms with E-state index < -0.39 is 16.4 Å². The van der Waals surface area contributed by atoms with Gasteiger partial charge >= 0.3 is 5.69 Å². The summed E-state index contributed by atoms with van der Waals surface area (Å²) in [4.78, 5) is 9.65. The zero-order valence-electron chi connectivity index (χ0n) is 9.10. The fourth-order valence-corrected chi connectivity index (χ4v) is 1.65. The molecule has 0 saturated carbocycles. The average Bonchev–Trinajstić information content (AvgIpc) is 2.78. The molecule has 0 N–H and O–H groups in total. The molecule has 92 valence electrons. The maximum atomic E-state index is 13.3. The number of hydrogen-bond donors (Lipinski definition) is 0. The fourth-order valence-electron chi connectivity index (χ4n) is 1.65. The van der Waals surface area contributed by atoms with Gasteiger partial charge in [0.25, 0.3) is 0 Å². The van der Waals surface area contributed by atoms with Gasteiger partial charge < -0.3 is 9.47 Å². The quantitative estimate of drug-likeness (QED) is 0.598. The first-order valence-electron chi connectivity index (χ1n) is 5.31. The van der Waals surface area contributed by atoms with Crippen LogP contribution >= 0.6 is 0 Å². The van der Waals surface area contributed by atoms with Gasteiger partial charge in [0.2, 0.25) is 5.82 Å². The molecular weight excluding hydrogens is 229 g/mol. The molecule has 1 saturated heterocycles. The van der Waals surface area contributed by atoms with Crippen LogP contribution in [-0.2, 0) is 4.74 Å². The van der Waals surface area contributed by atoms with Crippen molar-refractivity contribution in [1.82, 2.24) is 0 Å². The lowest BCUT2D eigenvalue weighted by atomic mass is 10.1. The van der Waals surface area contributed by atoms with Gasteiger partial charge in [-0.15, -0.1) is 0 Å². The lowest BCUT2D eigenvalue weighted by Crippen LogP contribution is -2.11. The van der Waals surface area contributed by atoms with Crippen molar-refractivity contribution in [2.24, 2.45) is 5.92 Å². The molecule has 0 bridgehead atoms. The third-order valence-corrected chi connectivity index (χ3v) is 2.63. The van der Waals surface area contributed by atoms with E-state index >= 15 is 0 Å². The van der Waals surface area contributed by atoms with Crippen molar-refractivity contribution in [2.75, 3.05) is 19.8 Å². The number of nitro groups is 1. The van der Waals surface area contributed by atoms with Gasteiger partial charge in [-0.25, -0.2) is 0 Å². The van der Waals surface area contributed by atoms with Crippen molar-refractivity contribution < 1.29 is 18.8 Å². The molecule has 0 radical (unpaired) electrons. The highest BCUT2D eigenvalue weighted by molar-refractivity contribution is 5.37. The third kappa shape index (κ3) is 2.91. The number of halogens is 1. The Kier molecular flexibility index (Phi) is 3.53. The molecular formula is C11H12FNO4. The Morgan fingerprint density at radius 3 is 3.00 bits per heavy atom. The first-order chi connectivity index (χ1) is 8.16. The largest absolute Gasteiger partial charge is 0.493 e. The lowest BCUT2D eigenvalue weighted by molar-refractivity contribution is -0.387. The average molecular weight is 241 g/mol.